The number of carbonyl (C=O) groups excluding carboxylic acids is 1. The predicted octanol–water partition coefficient (Wildman–Crippen LogP) is 1.23. The van der Waals surface area contributed by atoms with Crippen molar-refractivity contribution in [2.75, 3.05) is 0 Å². The summed E-state index contributed by atoms with van der Waals surface area (Å²) in [6.45, 7) is 0. The van der Waals surface area contributed by atoms with E-state index < -0.39 is 5.78 Å². The van der Waals surface area contributed by atoms with E-state index in [0.717, 1.165) is 5.37 Å². The lowest BCUT2D eigenvalue weighted by atomic mass is 10.1. The molecule has 1 rings (SSSR count). The van der Waals surface area contributed by atoms with Crippen LogP contribution >= 0.6 is 0 Å². The first kappa shape index (κ1) is 11.6. The lowest BCUT2D eigenvalue weighted by molar-refractivity contribution is 0.107. The SMILES string of the molecule is C.O=S=CC(=O)c1ccccc1O. The van der Waals surface area contributed by atoms with Crippen LogP contribution in [-0.2, 0) is 11.3 Å². The van der Waals surface area contributed by atoms with E-state index in [0.29, 0.717) is 0 Å². The van der Waals surface area contributed by atoms with Crippen molar-refractivity contribution in [2.24, 2.45) is 0 Å². The molecule has 3 nitrogen and oxygen atoms in total. The van der Waals surface area contributed by atoms with Gasteiger partial charge in [-0.2, -0.15) is 0 Å². The number of carbonyl (C=O) groups is 1. The number of Topliss-reactive ketones (excluding diaryl/α,β-unsaturated/α-hetero) is 1. The second-order valence-electron chi connectivity index (χ2n) is 2.10. The number of rotatable bonds is 2. The highest BCUT2D eigenvalue weighted by atomic mass is 32.1. The molecular formula is C9H10O3S. The van der Waals surface area contributed by atoms with Gasteiger partial charge in [0.15, 0.2) is 0 Å². The number of hydrogen-bond acceptors (Lipinski definition) is 3. The van der Waals surface area contributed by atoms with E-state index in [-0.39, 0.29) is 30.0 Å². The fourth-order valence-electron chi connectivity index (χ4n) is 0.789. The fourth-order valence-corrected chi connectivity index (χ4v) is 1.00. The van der Waals surface area contributed by atoms with E-state index in [1.807, 2.05) is 0 Å². The number of para-hydroxylation sites is 1. The maximum atomic E-state index is 11.0. The van der Waals surface area contributed by atoms with Crippen molar-refractivity contribution in [1.82, 2.24) is 0 Å². The molecule has 0 amide bonds. The number of aromatic hydroxyl groups is 1. The first-order valence-electron chi connectivity index (χ1n) is 3.20. The molecule has 0 saturated heterocycles. The van der Waals surface area contributed by atoms with Crippen molar-refractivity contribution in [3.05, 3.63) is 29.8 Å². The average Bonchev–Trinajstić information content (AvgIpc) is 2.05. The molecule has 0 heterocycles. The number of hydrogen-bond donors (Lipinski definition) is 1. The third-order valence-electron chi connectivity index (χ3n) is 1.32. The van der Waals surface area contributed by atoms with Gasteiger partial charge in [-0.05, 0) is 12.1 Å². The van der Waals surface area contributed by atoms with Crippen LogP contribution in [0.4, 0.5) is 0 Å². The van der Waals surface area contributed by atoms with E-state index in [1.54, 1.807) is 12.1 Å². The summed E-state index contributed by atoms with van der Waals surface area (Å²) in [6, 6.07) is 6.09. The summed E-state index contributed by atoms with van der Waals surface area (Å²) < 4.78 is 9.98. The minimum Gasteiger partial charge on any atom is -0.507 e. The second-order valence-corrected chi connectivity index (χ2v) is 2.52. The molecule has 0 fully saturated rings. The van der Waals surface area contributed by atoms with Crippen LogP contribution in [0, 0.1) is 0 Å². The lowest BCUT2D eigenvalue weighted by Gasteiger charge is -1.96. The first-order valence-corrected chi connectivity index (χ1v) is 4.00. The Labute approximate surface area is 80.1 Å². The normalized spacial score (nSPS) is 8.31. The van der Waals surface area contributed by atoms with Crippen molar-refractivity contribution >= 4 is 22.4 Å². The standard InChI is InChI=1S/C8H6O3S.CH4/c9-7-4-2-1-3-6(7)8(10)5-12-11;/h1-5,9H;1H4. The zero-order chi connectivity index (χ0) is 8.97. The second kappa shape index (κ2) is 5.27. The summed E-state index contributed by atoms with van der Waals surface area (Å²) in [6.07, 6.45) is 0. The summed E-state index contributed by atoms with van der Waals surface area (Å²) >= 11 is 0.0776. The van der Waals surface area contributed by atoms with Gasteiger partial charge in [-0.1, -0.05) is 19.6 Å². The smallest absolute Gasteiger partial charge is 0.202 e. The maximum absolute atomic E-state index is 11.0. The molecule has 13 heavy (non-hydrogen) atoms. The third kappa shape index (κ3) is 2.83. The minimum absolute atomic E-state index is 0. The Hall–Kier alpha value is -1.42. The van der Waals surface area contributed by atoms with E-state index in [2.05, 4.69) is 0 Å². The zero-order valence-electron chi connectivity index (χ0n) is 6.06. The summed E-state index contributed by atoms with van der Waals surface area (Å²) in [5.74, 6) is -0.569. The van der Waals surface area contributed by atoms with Gasteiger partial charge in [-0.15, -0.1) is 0 Å². The number of benzene rings is 1. The molecule has 0 aliphatic heterocycles. The number of phenolic OH excluding ortho intramolecular Hbond substituents is 1. The molecule has 1 aromatic carbocycles. The average molecular weight is 198 g/mol. The molecule has 0 aromatic heterocycles. The molecule has 0 aliphatic carbocycles. The van der Waals surface area contributed by atoms with Gasteiger partial charge in [-0.3, -0.25) is 4.79 Å². The van der Waals surface area contributed by atoms with Gasteiger partial charge in [0.05, 0.1) is 22.2 Å². The Balaban J connectivity index is 0.00000144. The molecule has 0 unspecified atom stereocenters. The van der Waals surface area contributed by atoms with Gasteiger partial charge in [0, 0.05) is 0 Å². The third-order valence-corrected chi connectivity index (χ3v) is 1.63. The molecule has 1 N–H and O–H groups in total. The Kier molecular flexibility index (Phi) is 4.69. The molecule has 0 saturated carbocycles. The molecule has 0 bridgehead atoms. The Morgan fingerprint density at radius 3 is 2.54 bits per heavy atom. The monoisotopic (exact) mass is 198 g/mol. The predicted molar refractivity (Wildman–Crippen MR) is 53.4 cm³/mol. The van der Waals surface area contributed by atoms with Gasteiger partial charge in [-0.25, -0.2) is 4.21 Å². The van der Waals surface area contributed by atoms with Crippen LogP contribution in [0.3, 0.4) is 0 Å². The summed E-state index contributed by atoms with van der Waals surface area (Å²) in [7, 11) is 0. The number of phenols is 1. The van der Waals surface area contributed by atoms with E-state index >= 15 is 0 Å². The highest BCUT2D eigenvalue weighted by molar-refractivity contribution is 7.66. The molecule has 4 heteroatoms. The lowest BCUT2D eigenvalue weighted by Crippen LogP contribution is -1.99. The molecule has 0 atom stereocenters. The van der Waals surface area contributed by atoms with Gasteiger partial charge in [0.25, 0.3) is 0 Å². The summed E-state index contributed by atoms with van der Waals surface area (Å²) in [5.41, 5.74) is 0.154. The Morgan fingerprint density at radius 1 is 1.38 bits per heavy atom. The Bertz CT molecular complexity index is 354. The van der Waals surface area contributed by atoms with Crippen molar-refractivity contribution in [1.29, 1.82) is 0 Å². The maximum Gasteiger partial charge on any atom is 0.202 e. The molecule has 0 spiro atoms. The van der Waals surface area contributed by atoms with Crippen molar-refractivity contribution in [2.45, 2.75) is 7.43 Å². The van der Waals surface area contributed by atoms with Gasteiger partial charge in [0.2, 0.25) is 5.78 Å². The van der Waals surface area contributed by atoms with Crippen LogP contribution in [0.15, 0.2) is 24.3 Å². The van der Waals surface area contributed by atoms with Crippen LogP contribution in [0.1, 0.15) is 17.8 Å². The summed E-state index contributed by atoms with van der Waals surface area (Å²) in [4.78, 5) is 11.0. The largest absolute Gasteiger partial charge is 0.507 e. The topological polar surface area (TPSA) is 54.4 Å². The van der Waals surface area contributed by atoms with Crippen LogP contribution in [-0.4, -0.2) is 20.5 Å². The van der Waals surface area contributed by atoms with Crippen molar-refractivity contribution in [3.63, 3.8) is 0 Å². The van der Waals surface area contributed by atoms with E-state index in [9.17, 15) is 9.00 Å². The minimum atomic E-state index is -0.465. The molecule has 0 radical (unpaired) electrons. The summed E-state index contributed by atoms with van der Waals surface area (Å²) in [5, 5.41) is 10.1. The highest BCUT2D eigenvalue weighted by Gasteiger charge is 2.06. The van der Waals surface area contributed by atoms with Crippen molar-refractivity contribution in [3.8, 4) is 5.75 Å². The first-order chi connectivity index (χ1) is 5.75. The van der Waals surface area contributed by atoms with Crippen LogP contribution in [0.5, 0.6) is 5.75 Å². The van der Waals surface area contributed by atoms with E-state index in [4.69, 9.17) is 5.11 Å². The van der Waals surface area contributed by atoms with Crippen LogP contribution < -0.4 is 0 Å². The quantitative estimate of drug-likeness (QED) is 0.574. The van der Waals surface area contributed by atoms with Gasteiger partial charge < -0.3 is 5.11 Å². The van der Waals surface area contributed by atoms with Gasteiger partial charge in [0.1, 0.15) is 5.75 Å². The number of ketones is 1. The van der Waals surface area contributed by atoms with E-state index in [1.165, 1.54) is 12.1 Å². The Morgan fingerprint density at radius 2 is 2.00 bits per heavy atom. The van der Waals surface area contributed by atoms with Crippen LogP contribution in [0.2, 0.25) is 0 Å². The van der Waals surface area contributed by atoms with Crippen molar-refractivity contribution < 1.29 is 14.1 Å². The molecular weight excluding hydrogens is 188 g/mol. The van der Waals surface area contributed by atoms with Crippen LogP contribution in [0.25, 0.3) is 0 Å². The molecule has 70 valence electrons. The molecule has 0 aliphatic rings. The fraction of sp³-hybridized carbons (Fsp3) is 0.111. The van der Waals surface area contributed by atoms with Gasteiger partial charge >= 0.3 is 0 Å². The highest BCUT2D eigenvalue weighted by Crippen LogP contribution is 2.14. The molecule has 1 aromatic rings. The zero-order valence-corrected chi connectivity index (χ0v) is 6.88.